The molecule has 4 nitrogen and oxygen atoms in total. The van der Waals surface area contributed by atoms with Crippen LogP contribution in [0.1, 0.15) is 13.8 Å². The van der Waals surface area contributed by atoms with Crippen molar-refractivity contribution in [2.45, 2.75) is 20.0 Å². The monoisotopic (exact) mass is 248 g/mol. The number of likely N-dealkylation sites (N-methyl/N-ethyl adjacent to an activating group) is 2. The van der Waals surface area contributed by atoms with Crippen molar-refractivity contribution in [3.8, 4) is 5.75 Å². The molecule has 1 aliphatic rings. The fraction of sp³-hybridized carbons (Fsp3) is 0.500. The first kappa shape index (κ1) is 12.7. The number of nitrogens with zero attached hydrogens (tertiary/aromatic N) is 2. The summed E-state index contributed by atoms with van der Waals surface area (Å²) in [6.07, 6.45) is 0.0359. The lowest BCUT2D eigenvalue weighted by Crippen LogP contribution is -2.46. The third kappa shape index (κ3) is 2.58. The molecule has 0 fully saturated rings. The summed E-state index contributed by atoms with van der Waals surface area (Å²) in [5.41, 5.74) is 1.14. The Kier molecular flexibility index (Phi) is 3.75. The third-order valence-corrected chi connectivity index (χ3v) is 3.32. The minimum Gasteiger partial charge on any atom is -0.485 e. The number of amides is 1. The van der Waals surface area contributed by atoms with E-state index in [0.29, 0.717) is 6.54 Å². The lowest BCUT2D eigenvalue weighted by molar-refractivity contribution is -0.128. The van der Waals surface area contributed by atoms with Crippen molar-refractivity contribution in [2.75, 3.05) is 31.6 Å². The smallest absolute Gasteiger partial charge is 0.219 e. The molecule has 18 heavy (non-hydrogen) atoms. The van der Waals surface area contributed by atoms with Crippen LogP contribution in [0.2, 0.25) is 0 Å². The highest BCUT2D eigenvalue weighted by Crippen LogP contribution is 2.32. The Balaban J connectivity index is 2.13. The molecule has 0 N–H and O–H groups in total. The number of carbonyl (C=O) groups is 1. The number of hydrogen-bond acceptors (Lipinski definition) is 3. The van der Waals surface area contributed by atoms with E-state index in [2.05, 4.69) is 17.9 Å². The fourth-order valence-electron chi connectivity index (χ4n) is 2.21. The number of ether oxygens (including phenoxy) is 1. The number of fused-ring (bicyclic) bond motifs is 1. The highest BCUT2D eigenvalue weighted by molar-refractivity contribution is 5.72. The summed E-state index contributed by atoms with van der Waals surface area (Å²) in [4.78, 5) is 15.3. The zero-order valence-electron chi connectivity index (χ0n) is 11.2. The van der Waals surface area contributed by atoms with Crippen LogP contribution in [0.5, 0.6) is 5.75 Å². The van der Waals surface area contributed by atoms with Crippen molar-refractivity contribution in [2.24, 2.45) is 0 Å². The number of carbonyl (C=O) groups excluding carboxylic acids is 1. The SMILES string of the molecule is CCN1C[C@H](CN(C)C(C)=O)Oc2ccccc21. The Bertz CT molecular complexity index is 434. The van der Waals surface area contributed by atoms with Crippen LogP contribution < -0.4 is 9.64 Å². The summed E-state index contributed by atoms with van der Waals surface area (Å²) in [5, 5.41) is 0. The molecule has 1 aliphatic heterocycles. The zero-order chi connectivity index (χ0) is 13.1. The van der Waals surface area contributed by atoms with Crippen LogP contribution >= 0.6 is 0 Å². The molecule has 1 aromatic rings. The average Bonchev–Trinajstić information content (AvgIpc) is 2.37. The maximum absolute atomic E-state index is 11.3. The van der Waals surface area contributed by atoms with Crippen LogP contribution in [0.15, 0.2) is 24.3 Å². The van der Waals surface area contributed by atoms with E-state index in [4.69, 9.17) is 4.74 Å². The van der Waals surface area contributed by atoms with Crippen LogP contribution in [0.25, 0.3) is 0 Å². The molecule has 1 heterocycles. The molecule has 0 saturated heterocycles. The molecule has 1 atom stereocenters. The molecule has 0 unspecified atom stereocenters. The fourth-order valence-corrected chi connectivity index (χ4v) is 2.21. The number of benzene rings is 1. The van der Waals surface area contributed by atoms with Gasteiger partial charge in [-0.05, 0) is 19.1 Å². The maximum Gasteiger partial charge on any atom is 0.219 e. The predicted octanol–water partition coefficient (Wildman–Crippen LogP) is 1.75. The summed E-state index contributed by atoms with van der Waals surface area (Å²) in [6, 6.07) is 8.05. The van der Waals surface area contributed by atoms with E-state index in [1.165, 1.54) is 0 Å². The number of hydrogen-bond donors (Lipinski definition) is 0. The van der Waals surface area contributed by atoms with Gasteiger partial charge >= 0.3 is 0 Å². The van der Waals surface area contributed by atoms with Gasteiger partial charge in [-0.15, -0.1) is 0 Å². The highest BCUT2D eigenvalue weighted by Gasteiger charge is 2.25. The molecular weight excluding hydrogens is 228 g/mol. The summed E-state index contributed by atoms with van der Waals surface area (Å²) in [5.74, 6) is 0.980. The zero-order valence-corrected chi connectivity index (χ0v) is 11.2. The van der Waals surface area contributed by atoms with Crippen molar-refractivity contribution in [3.63, 3.8) is 0 Å². The first-order valence-corrected chi connectivity index (χ1v) is 6.34. The third-order valence-electron chi connectivity index (χ3n) is 3.32. The topological polar surface area (TPSA) is 32.8 Å². The Morgan fingerprint density at radius 3 is 2.89 bits per heavy atom. The van der Waals surface area contributed by atoms with Gasteiger partial charge < -0.3 is 14.5 Å². The Hall–Kier alpha value is -1.71. The molecule has 4 heteroatoms. The molecular formula is C14H20N2O2. The second-order valence-corrected chi connectivity index (χ2v) is 4.65. The van der Waals surface area contributed by atoms with Gasteiger partial charge in [0.2, 0.25) is 5.91 Å². The van der Waals surface area contributed by atoms with Crippen molar-refractivity contribution in [1.29, 1.82) is 0 Å². The van der Waals surface area contributed by atoms with Crippen LogP contribution in [-0.2, 0) is 4.79 Å². The quantitative estimate of drug-likeness (QED) is 0.817. The molecule has 1 aromatic carbocycles. The lowest BCUT2D eigenvalue weighted by atomic mass is 10.2. The van der Waals surface area contributed by atoms with Crippen molar-refractivity contribution in [3.05, 3.63) is 24.3 Å². The largest absolute Gasteiger partial charge is 0.485 e. The first-order valence-electron chi connectivity index (χ1n) is 6.34. The summed E-state index contributed by atoms with van der Waals surface area (Å²) < 4.78 is 5.95. The molecule has 98 valence electrons. The average molecular weight is 248 g/mol. The summed E-state index contributed by atoms with van der Waals surface area (Å²) >= 11 is 0. The predicted molar refractivity (Wildman–Crippen MR) is 72.1 cm³/mol. The Morgan fingerprint density at radius 1 is 1.50 bits per heavy atom. The van der Waals surface area contributed by atoms with Crippen LogP contribution in [0.3, 0.4) is 0 Å². The highest BCUT2D eigenvalue weighted by atomic mass is 16.5. The van der Waals surface area contributed by atoms with Gasteiger partial charge in [-0.3, -0.25) is 4.79 Å². The van der Waals surface area contributed by atoms with Gasteiger partial charge in [-0.2, -0.15) is 0 Å². The normalized spacial score (nSPS) is 17.9. The maximum atomic E-state index is 11.3. The molecule has 0 aliphatic carbocycles. The summed E-state index contributed by atoms with van der Waals surface area (Å²) in [6.45, 7) is 6.11. The first-order chi connectivity index (χ1) is 8.61. The van der Waals surface area contributed by atoms with E-state index >= 15 is 0 Å². The Labute approximate surface area is 108 Å². The van der Waals surface area contributed by atoms with Gasteiger partial charge in [0.1, 0.15) is 11.9 Å². The van der Waals surface area contributed by atoms with Crippen LogP contribution in [0, 0.1) is 0 Å². The second kappa shape index (κ2) is 5.29. The Morgan fingerprint density at radius 2 is 2.22 bits per heavy atom. The second-order valence-electron chi connectivity index (χ2n) is 4.65. The van der Waals surface area contributed by atoms with Gasteiger partial charge in [0.05, 0.1) is 18.8 Å². The lowest BCUT2D eigenvalue weighted by Gasteiger charge is -2.37. The number of para-hydroxylation sites is 2. The van der Waals surface area contributed by atoms with E-state index in [0.717, 1.165) is 24.5 Å². The minimum atomic E-state index is 0.0359. The molecule has 0 aromatic heterocycles. The van der Waals surface area contributed by atoms with Gasteiger partial charge in [0.15, 0.2) is 0 Å². The molecule has 0 radical (unpaired) electrons. The van der Waals surface area contributed by atoms with Crippen molar-refractivity contribution >= 4 is 11.6 Å². The van der Waals surface area contributed by atoms with E-state index < -0.39 is 0 Å². The van der Waals surface area contributed by atoms with E-state index in [1.807, 2.05) is 25.2 Å². The van der Waals surface area contributed by atoms with Crippen LogP contribution in [-0.4, -0.2) is 43.6 Å². The molecule has 1 amide bonds. The summed E-state index contributed by atoms with van der Waals surface area (Å²) in [7, 11) is 1.81. The number of anilines is 1. The van der Waals surface area contributed by atoms with Gasteiger partial charge in [-0.1, -0.05) is 12.1 Å². The van der Waals surface area contributed by atoms with E-state index in [9.17, 15) is 4.79 Å². The molecule has 0 saturated carbocycles. The van der Waals surface area contributed by atoms with Gasteiger partial charge in [0, 0.05) is 20.5 Å². The van der Waals surface area contributed by atoms with Crippen molar-refractivity contribution < 1.29 is 9.53 Å². The standard InChI is InChI=1S/C14H20N2O2/c1-4-16-10-12(9-15(3)11(2)17)18-14-8-6-5-7-13(14)16/h5-8,12H,4,9-10H2,1-3H3/t12-/m0/s1. The molecule has 2 rings (SSSR count). The minimum absolute atomic E-state index is 0.0359. The van der Waals surface area contributed by atoms with Crippen LogP contribution in [0.4, 0.5) is 5.69 Å². The molecule has 0 spiro atoms. The van der Waals surface area contributed by atoms with Gasteiger partial charge in [-0.25, -0.2) is 0 Å². The molecule has 0 bridgehead atoms. The number of rotatable bonds is 3. The van der Waals surface area contributed by atoms with Crippen molar-refractivity contribution in [1.82, 2.24) is 4.90 Å². The van der Waals surface area contributed by atoms with Gasteiger partial charge in [0.25, 0.3) is 0 Å². The van der Waals surface area contributed by atoms with E-state index in [-0.39, 0.29) is 12.0 Å². The van der Waals surface area contributed by atoms with E-state index in [1.54, 1.807) is 11.8 Å².